The lowest BCUT2D eigenvalue weighted by atomic mass is 9.84. The third-order valence-corrected chi connectivity index (χ3v) is 7.87. The number of likely N-dealkylation sites (tertiary alicyclic amines) is 1. The summed E-state index contributed by atoms with van der Waals surface area (Å²) in [5, 5.41) is 1.85. The molecule has 2 aliphatic heterocycles. The highest BCUT2D eigenvalue weighted by Gasteiger charge is 2.63. The average molecular weight is 635 g/mol. The molecule has 1 saturated heterocycles. The predicted octanol–water partition coefficient (Wildman–Crippen LogP) is 8.41. The molecule has 42 heavy (non-hydrogen) atoms. The third kappa shape index (κ3) is 5.49. The topological polar surface area (TPSA) is 51.1 Å². The molecule has 3 aromatic rings. The van der Waals surface area contributed by atoms with Crippen LogP contribution in [0.1, 0.15) is 34.2 Å². The number of benzene rings is 3. The highest BCUT2D eigenvalue weighted by atomic mass is 35.5. The highest BCUT2D eigenvalue weighted by molar-refractivity contribution is 6.42. The number of nitrogens with zero attached hydrogens (tertiary/aromatic N) is 2. The van der Waals surface area contributed by atoms with Crippen molar-refractivity contribution in [2.24, 2.45) is 5.16 Å². The Morgan fingerprint density at radius 3 is 2.19 bits per heavy atom. The Balaban J connectivity index is 1.29. The van der Waals surface area contributed by atoms with Crippen LogP contribution in [0, 0.1) is 0 Å². The van der Waals surface area contributed by atoms with Gasteiger partial charge in [0.1, 0.15) is 6.61 Å². The minimum atomic E-state index is -5.20. The fourth-order valence-corrected chi connectivity index (χ4v) is 5.16. The number of ether oxygens (including phenoxy) is 1. The van der Waals surface area contributed by atoms with E-state index in [2.05, 4.69) is 5.16 Å². The van der Waals surface area contributed by atoms with Crippen molar-refractivity contribution in [1.82, 2.24) is 4.90 Å². The van der Waals surface area contributed by atoms with E-state index in [1.807, 2.05) is 6.07 Å². The molecule has 3 aromatic carbocycles. The van der Waals surface area contributed by atoms with Crippen molar-refractivity contribution >= 4 is 35.0 Å². The van der Waals surface area contributed by atoms with E-state index in [4.69, 9.17) is 32.8 Å². The molecule has 0 spiro atoms. The Morgan fingerprint density at radius 1 is 0.952 bits per heavy atom. The number of hydrogen-bond donors (Lipinski definition) is 0. The summed E-state index contributed by atoms with van der Waals surface area (Å²) in [6.07, 6.45) is -12.0. The van der Waals surface area contributed by atoms with Gasteiger partial charge in [-0.2, -0.15) is 26.3 Å². The van der Waals surface area contributed by atoms with Gasteiger partial charge in [0.2, 0.25) is 0 Å². The number of carbonyl (C=O) groups is 1. The summed E-state index contributed by atoms with van der Waals surface area (Å²) in [6, 6.07) is 15.1. The molecule has 2 heterocycles. The standard InChI is InChI=1S/C28H19Cl2F7N2O3/c29-21-11-19(10-20(23(21)30)27(32,33)34)26(28(35,36)37)12-22(38-42-26)17-6-8-18(9-7-17)25(31)14-39(15-25)24(40)41-13-16-4-2-1-3-5-16/h1-11H,12-15H2/t26-/m0/s1. The summed E-state index contributed by atoms with van der Waals surface area (Å²) < 4.78 is 104. The average Bonchev–Trinajstić information content (AvgIpc) is 3.39. The number of hydrogen-bond acceptors (Lipinski definition) is 4. The normalized spacial score (nSPS) is 20.0. The largest absolute Gasteiger partial charge is 0.445 e. The zero-order valence-electron chi connectivity index (χ0n) is 21.2. The summed E-state index contributed by atoms with van der Waals surface area (Å²) in [4.78, 5) is 18.2. The fraction of sp³-hybridized carbons (Fsp3) is 0.286. The first-order chi connectivity index (χ1) is 19.6. The van der Waals surface area contributed by atoms with E-state index in [0.29, 0.717) is 6.07 Å². The maximum atomic E-state index is 15.5. The van der Waals surface area contributed by atoms with Crippen molar-refractivity contribution in [1.29, 1.82) is 0 Å². The minimum absolute atomic E-state index is 0.0213. The van der Waals surface area contributed by atoms with E-state index in [-0.39, 0.29) is 42.6 Å². The third-order valence-electron chi connectivity index (χ3n) is 7.07. The molecule has 0 saturated carbocycles. The number of rotatable bonds is 5. The Labute approximate surface area is 244 Å². The second kappa shape index (κ2) is 10.6. The van der Waals surface area contributed by atoms with Crippen molar-refractivity contribution in [2.75, 3.05) is 13.1 Å². The van der Waals surface area contributed by atoms with Gasteiger partial charge in [0, 0.05) is 12.0 Å². The quantitative estimate of drug-likeness (QED) is 0.265. The van der Waals surface area contributed by atoms with Crippen LogP contribution in [0.2, 0.25) is 10.0 Å². The highest BCUT2D eigenvalue weighted by Crippen LogP contribution is 2.51. The van der Waals surface area contributed by atoms with Crippen molar-refractivity contribution in [2.45, 2.75) is 36.7 Å². The zero-order valence-corrected chi connectivity index (χ0v) is 22.7. The fourth-order valence-electron chi connectivity index (χ4n) is 4.73. The molecule has 14 heteroatoms. The SMILES string of the molecule is O=C(OCc1ccccc1)N1CC(F)(c2ccc(C3=NO[C@@](c4cc(Cl)c(Cl)c(C(F)(F)F)c4)(C(F)(F)F)C3)cc2)C1. The number of carbonyl (C=O) groups excluding carboxylic acids is 1. The summed E-state index contributed by atoms with van der Waals surface area (Å²) >= 11 is 11.4. The van der Waals surface area contributed by atoms with Crippen LogP contribution in [0.3, 0.4) is 0 Å². The van der Waals surface area contributed by atoms with Crippen LogP contribution in [0.15, 0.2) is 71.9 Å². The number of halogens is 9. The van der Waals surface area contributed by atoms with E-state index in [9.17, 15) is 31.1 Å². The minimum Gasteiger partial charge on any atom is -0.445 e. The zero-order chi connectivity index (χ0) is 30.5. The Bertz CT molecular complexity index is 1520. The molecular formula is C28H19Cl2F7N2O3. The lowest BCUT2D eigenvalue weighted by Crippen LogP contribution is -2.58. The summed E-state index contributed by atoms with van der Waals surface area (Å²) in [5.74, 6) is 0. The molecule has 1 fully saturated rings. The number of oxime groups is 1. The molecule has 5 nitrogen and oxygen atoms in total. The van der Waals surface area contributed by atoms with Crippen LogP contribution in [-0.2, 0) is 33.6 Å². The van der Waals surface area contributed by atoms with Crippen LogP contribution < -0.4 is 0 Å². The van der Waals surface area contributed by atoms with E-state index in [1.165, 1.54) is 29.2 Å². The maximum Gasteiger partial charge on any atom is 0.435 e. The second-order valence-electron chi connectivity index (χ2n) is 9.89. The van der Waals surface area contributed by atoms with Gasteiger partial charge in [-0.25, -0.2) is 9.18 Å². The van der Waals surface area contributed by atoms with Crippen molar-refractivity contribution in [3.8, 4) is 0 Å². The Morgan fingerprint density at radius 2 is 1.60 bits per heavy atom. The molecule has 0 aliphatic carbocycles. The van der Waals surface area contributed by atoms with Crippen LogP contribution >= 0.6 is 23.2 Å². The molecule has 0 unspecified atom stereocenters. The monoisotopic (exact) mass is 634 g/mol. The van der Waals surface area contributed by atoms with Crippen LogP contribution in [-0.4, -0.2) is 36.0 Å². The lowest BCUT2D eigenvalue weighted by molar-refractivity contribution is -0.276. The molecule has 1 atom stereocenters. The molecule has 0 N–H and O–H groups in total. The predicted molar refractivity (Wildman–Crippen MR) is 139 cm³/mol. The molecule has 0 bridgehead atoms. The molecule has 1 amide bonds. The summed E-state index contributed by atoms with van der Waals surface area (Å²) in [7, 11) is 0. The van der Waals surface area contributed by atoms with Gasteiger partial charge < -0.3 is 14.5 Å². The van der Waals surface area contributed by atoms with Gasteiger partial charge in [0.25, 0.3) is 5.60 Å². The van der Waals surface area contributed by atoms with Crippen molar-refractivity contribution < 1.29 is 45.1 Å². The van der Waals surface area contributed by atoms with Gasteiger partial charge in [-0.15, -0.1) is 0 Å². The maximum absolute atomic E-state index is 15.5. The second-order valence-corrected chi connectivity index (χ2v) is 10.7. The first kappa shape index (κ1) is 30.0. The molecule has 5 rings (SSSR count). The smallest absolute Gasteiger partial charge is 0.435 e. The van der Waals surface area contributed by atoms with Gasteiger partial charge in [0.05, 0.1) is 34.4 Å². The Kier molecular flexibility index (Phi) is 7.59. The molecule has 0 radical (unpaired) electrons. The van der Waals surface area contributed by atoms with Gasteiger partial charge in [-0.3, -0.25) is 0 Å². The van der Waals surface area contributed by atoms with Crippen molar-refractivity contribution in [3.05, 3.63) is 105 Å². The van der Waals surface area contributed by atoms with E-state index < -0.39 is 57.3 Å². The van der Waals surface area contributed by atoms with E-state index in [1.54, 1.807) is 24.3 Å². The number of amides is 1. The van der Waals surface area contributed by atoms with Gasteiger partial charge in [-0.05, 0) is 28.8 Å². The first-order valence-corrected chi connectivity index (χ1v) is 13.0. The summed E-state index contributed by atoms with van der Waals surface area (Å²) in [6.45, 7) is -0.562. The van der Waals surface area contributed by atoms with E-state index >= 15 is 4.39 Å². The molecule has 2 aliphatic rings. The van der Waals surface area contributed by atoms with Crippen LogP contribution in [0.5, 0.6) is 0 Å². The van der Waals surface area contributed by atoms with Gasteiger partial charge >= 0.3 is 18.4 Å². The van der Waals surface area contributed by atoms with E-state index in [0.717, 1.165) is 5.56 Å². The lowest BCUT2D eigenvalue weighted by Gasteiger charge is -2.43. The van der Waals surface area contributed by atoms with Crippen LogP contribution in [0.25, 0.3) is 0 Å². The molecule has 0 aromatic heterocycles. The van der Waals surface area contributed by atoms with Gasteiger partial charge in [-0.1, -0.05) is 83.0 Å². The summed E-state index contributed by atoms with van der Waals surface area (Å²) in [5.41, 5.74) is -6.84. The number of alkyl halides is 7. The Hall–Kier alpha value is -3.51. The van der Waals surface area contributed by atoms with Crippen LogP contribution in [0.4, 0.5) is 35.5 Å². The molecular weight excluding hydrogens is 616 g/mol. The van der Waals surface area contributed by atoms with Gasteiger partial charge in [0.15, 0.2) is 5.67 Å². The molecule has 222 valence electrons. The first-order valence-electron chi connectivity index (χ1n) is 12.3. The van der Waals surface area contributed by atoms with Crippen molar-refractivity contribution in [3.63, 3.8) is 0 Å².